The van der Waals surface area contributed by atoms with E-state index in [4.69, 9.17) is 0 Å². The highest BCUT2D eigenvalue weighted by atomic mass is 32.2. The van der Waals surface area contributed by atoms with Crippen molar-refractivity contribution in [1.29, 1.82) is 0 Å². The molecule has 0 bridgehead atoms. The van der Waals surface area contributed by atoms with Crippen LogP contribution in [0, 0.1) is 12.8 Å². The van der Waals surface area contributed by atoms with Crippen molar-refractivity contribution in [3.8, 4) is 0 Å². The Morgan fingerprint density at radius 3 is 2.68 bits per heavy atom. The van der Waals surface area contributed by atoms with Gasteiger partial charge in [0, 0.05) is 24.7 Å². The molecule has 2 fully saturated rings. The van der Waals surface area contributed by atoms with Crippen molar-refractivity contribution in [3.63, 3.8) is 0 Å². The summed E-state index contributed by atoms with van der Waals surface area (Å²) in [6, 6.07) is 10.7. The second kappa shape index (κ2) is 7.05. The first-order chi connectivity index (χ1) is 13.3. The molecule has 2 amide bonds. The van der Waals surface area contributed by atoms with E-state index in [0.29, 0.717) is 24.5 Å². The van der Waals surface area contributed by atoms with E-state index in [0.717, 1.165) is 5.69 Å². The lowest BCUT2D eigenvalue weighted by molar-refractivity contribution is -0.122. The first-order valence-corrected chi connectivity index (χ1v) is 11.1. The minimum absolute atomic E-state index is 0.0285. The molecule has 0 saturated carbocycles. The summed E-state index contributed by atoms with van der Waals surface area (Å²) in [7, 11) is -3.07. The third-order valence-electron chi connectivity index (χ3n) is 5.23. The average molecular weight is 402 g/mol. The van der Waals surface area contributed by atoms with Crippen molar-refractivity contribution >= 4 is 33.2 Å². The van der Waals surface area contributed by atoms with Crippen LogP contribution < -0.4 is 10.2 Å². The van der Waals surface area contributed by atoms with Crippen molar-refractivity contribution in [1.82, 2.24) is 9.78 Å². The normalized spacial score (nSPS) is 23.9. The summed E-state index contributed by atoms with van der Waals surface area (Å²) in [5.74, 6) is -0.168. The molecule has 2 aromatic rings. The highest BCUT2D eigenvalue weighted by Gasteiger charge is 2.36. The number of aryl methyl sites for hydroxylation is 1. The van der Waals surface area contributed by atoms with Gasteiger partial charge < -0.3 is 10.2 Å². The van der Waals surface area contributed by atoms with Crippen LogP contribution in [0.3, 0.4) is 0 Å². The summed E-state index contributed by atoms with van der Waals surface area (Å²) in [6.07, 6.45) is 0.627. The zero-order chi connectivity index (χ0) is 19.9. The van der Waals surface area contributed by atoms with Crippen molar-refractivity contribution < 1.29 is 18.0 Å². The molecule has 2 aliphatic heterocycles. The van der Waals surface area contributed by atoms with Crippen molar-refractivity contribution in [2.45, 2.75) is 25.8 Å². The van der Waals surface area contributed by atoms with Crippen LogP contribution in [0.1, 0.15) is 24.6 Å². The van der Waals surface area contributed by atoms with E-state index in [1.807, 2.05) is 30.3 Å². The topological polar surface area (TPSA) is 101 Å². The zero-order valence-corrected chi connectivity index (χ0v) is 16.4. The Morgan fingerprint density at radius 1 is 1.25 bits per heavy atom. The van der Waals surface area contributed by atoms with E-state index in [2.05, 4.69) is 10.4 Å². The minimum atomic E-state index is -3.07. The Kier molecular flexibility index (Phi) is 4.70. The first-order valence-electron chi connectivity index (χ1n) is 9.25. The third-order valence-corrected chi connectivity index (χ3v) is 6.98. The summed E-state index contributed by atoms with van der Waals surface area (Å²) in [4.78, 5) is 26.8. The van der Waals surface area contributed by atoms with Crippen molar-refractivity contribution in [2.75, 3.05) is 28.3 Å². The maximum atomic E-state index is 12.8. The molecule has 1 N–H and O–H groups in total. The molecule has 0 spiro atoms. The number of nitrogens with zero attached hydrogens (tertiary/aromatic N) is 3. The molecule has 28 heavy (non-hydrogen) atoms. The summed E-state index contributed by atoms with van der Waals surface area (Å²) in [5, 5.41) is 7.23. The number of amides is 2. The van der Waals surface area contributed by atoms with E-state index < -0.39 is 15.8 Å². The SMILES string of the molecule is Cc1cc(NC(=O)[C@@H]2CC(=O)N(c3ccccc3)C2)n([C@H]2CCS(=O)(=O)C2)n1. The maximum absolute atomic E-state index is 12.8. The largest absolute Gasteiger partial charge is 0.312 e. The van der Waals surface area contributed by atoms with E-state index in [-0.39, 0.29) is 35.8 Å². The van der Waals surface area contributed by atoms with E-state index in [9.17, 15) is 18.0 Å². The van der Waals surface area contributed by atoms with Crippen LogP contribution in [0.4, 0.5) is 11.5 Å². The zero-order valence-electron chi connectivity index (χ0n) is 15.5. The molecule has 0 unspecified atom stereocenters. The molecule has 0 aliphatic carbocycles. The lowest BCUT2D eigenvalue weighted by Crippen LogP contribution is -2.29. The summed E-state index contributed by atoms with van der Waals surface area (Å²) in [5.41, 5.74) is 1.48. The van der Waals surface area contributed by atoms with Gasteiger partial charge in [-0.2, -0.15) is 5.10 Å². The fourth-order valence-corrected chi connectivity index (χ4v) is 5.52. The van der Waals surface area contributed by atoms with Crippen LogP contribution >= 0.6 is 0 Å². The molecular weight excluding hydrogens is 380 g/mol. The second-order valence-electron chi connectivity index (χ2n) is 7.40. The van der Waals surface area contributed by atoms with Gasteiger partial charge in [0.15, 0.2) is 9.84 Å². The lowest BCUT2D eigenvalue weighted by Gasteiger charge is -2.17. The number of benzene rings is 1. The van der Waals surface area contributed by atoms with Gasteiger partial charge in [0.05, 0.1) is 29.2 Å². The third kappa shape index (κ3) is 3.66. The van der Waals surface area contributed by atoms with Gasteiger partial charge in [-0.05, 0) is 25.5 Å². The monoisotopic (exact) mass is 402 g/mol. The predicted octanol–water partition coefficient (Wildman–Crippen LogP) is 1.54. The number of aromatic nitrogens is 2. The van der Waals surface area contributed by atoms with E-state index in [1.165, 1.54) is 0 Å². The van der Waals surface area contributed by atoms with Crippen LogP contribution in [0.15, 0.2) is 36.4 Å². The minimum Gasteiger partial charge on any atom is -0.312 e. The number of carbonyl (C=O) groups excluding carboxylic acids is 2. The molecule has 0 radical (unpaired) electrons. The van der Waals surface area contributed by atoms with Crippen LogP contribution in [0.25, 0.3) is 0 Å². The molecule has 4 rings (SSSR count). The molecule has 1 aromatic carbocycles. The number of para-hydroxylation sites is 1. The highest BCUT2D eigenvalue weighted by molar-refractivity contribution is 7.91. The van der Waals surface area contributed by atoms with E-state index in [1.54, 1.807) is 22.6 Å². The molecule has 2 saturated heterocycles. The van der Waals surface area contributed by atoms with Crippen LogP contribution in [0.5, 0.6) is 0 Å². The number of anilines is 2. The second-order valence-corrected chi connectivity index (χ2v) is 9.63. The molecule has 8 nitrogen and oxygen atoms in total. The van der Waals surface area contributed by atoms with Crippen LogP contribution in [-0.2, 0) is 19.4 Å². The van der Waals surface area contributed by atoms with Crippen molar-refractivity contribution in [2.24, 2.45) is 5.92 Å². The quantitative estimate of drug-likeness (QED) is 0.836. The molecule has 9 heteroatoms. The molecule has 1 aromatic heterocycles. The number of nitrogens with one attached hydrogen (secondary N) is 1. The standard InChI is InChI=1S/C19H22N4O4S/c1-13-9-17(23(21-13)16-7-8-28(26,27)12-16)20-19(25)14-10-18(24)22(11-14)15-5-3-2-4-6-15/h2-6,9,14,16H,7-8,10-12H2,1H3,(H,20,25)/t14-,16+/m1/s1. The Balaban J connectivity index is 1.48. The summed E-state index contributed by atoms with van der Waals surface area (Å²) in [6.45, 7) is 2.12. The fourth-order valence-electron chi connectivity index (χ4n) is 3.83. The molecule has 2 atom stereocenters. The van der Waals surface area contributed by atoms with Gasteiger partial charge in [0.25, 0.3) is 0 Å². The van der Waals surface area contributed by atoms with Crippen LogP contribution in [-0.4, -0.2) is 48.1 Å². The number of sulfone groups is 1. The van der Waals surface area contributed by atoms with Crippen LogP contribution in [0.2, 0.25) is 0 Å². The Hall–Kier alpha value is -2.68. The molecule has 3 heterocycles. The number of carbonyl (C=O) groups is 2. The molecule has 2 aliphatic rings. The summed E-state index contributed by atoms with van der Waals surface area (Å²) >= 11 is 0. The Labute approximate surface area is 163 Å². The van der Waals surface area contributed by atoms with Gasteiger partial charge in [0.2, 0.25) is 11.8 Å². The Bertz CT molecular complexity index is 1020. The molecule has 148 valence electrons. The van der Waals surface area contributed by atoms with Gasteiger partial charge in [-0.3, -0.25) is 9.59 Å². The summed E-state index contributed by atoms with van der Waals surface area (Å²) < 4.78 is 25.2. The van der Waals surface area contributed by atoms with Gasteiger partial charge >= 0.3 is 0 Å². The first kappa shape index (κ1) is 18.7. The lowest BCUT2D eigenvalue weighted by atomic mass is 10.1. The fraction of sp³-hybridized carbons (Fsp3) is 0.421. The highest BCUT2D eigenvalue weighted by Crippen LogP contribution is 2.29. The number of hydrogen-bond acceptors (Lipinski definition) is 5. The smallest absolute Gasteiger partial charge is 0.230 e. The maximum Gasteiger partial charge on any atom is 0.230 e. The Morgan fingerprint density at radius 2 is 2.00 bits per heavy atom. The van der Waals surface area contributed by atoms with E-state index >= 15 is 0 Å². The number of hydrogen-bond donors (Lipinski definition) is 1. The van der Waals surface area contributed by atoms with Crippen molar-refractivity contribution in [3.05, 3.63) is 42.1 Å². The predicted molar refractivity (Wildman–Crippen MR) is 105 cm³/mol. The van der Waals surface area contributed by atoms with Gasteiger partial charge in [-0.1, -0.05) is 18.2 Å². The van der Waals surface area contributed by atoms with Gasteiger partial charge in [0.1, 0.15) is 5.82 Å². The number of rotatable bonds is 4. The molecular formula is C19H22N4O4S. The van der Waals surface area contributed by atoms with Gasteiger partial charge in [-0.15, -0.1) is 0 Å². The van der Waals surface area contributed by atoms with Gasteiger partial charge in [-0.25, -0.2) is 13.1 Å². The average Bonchev–Trinajstić information content (AvgIpc) is 3.32.